The summed E-state index contributed by atoms with van der Waals surface area (Å²) in [6.45, 7) is 6.27. The Labute approximate surface area is 245 Å². The Bertz CT molecular complexity index is 1740. The highest BCUT2D eigenvalue weighted by Gasteiger charge is 2.49. The second kappa shape index (κ2) is 12.0. The van der Waals surface area contributed by atoms with Crippen LogP contribution in [0.4, 0.5) is 5.95 Å². The molecule has 0 bridgehead atoms. The molecule has 43 heavy (non-hydrogen) atoms. The fourth-order valence-corrected chi connectivity index (χ4v) is 6.53. The maximum atomic E-state index is 14.3. The predicted molar refractivity (Wildman–Crippen MR) is 155 cm³/mol. The highest BCUT2D eigenvalue weighted by Crippen LogP contribution is 2.49. The van der Waals surface area contributed by atoms with Gasteiger partial charge in [-0.2, -0.15) is 10.1 Å². The van der Waals surface area contributed by atoms with Gasteiger partial charge in [-0.3, -0.25) is 23.7 Å². The Morgan fingerprint density at radius 1 is 1.14 bits per heavy atom. The third-order valence-electron chi connectivity index (χ3n) is 6.79. The molecule has 15 nitrogen and oxygen atoms in total. The Morgan fingerprint density at radius 2 is 1.86 bits per heavy atom. The summed E-state index contributed by atoms with van der Waals surface area (Å²) in [6, 6.07) is 11.3. The van der Waals surface area contributed by atoms with Gasteiger partial charge in [0.05, 0.1) is 18.5 Å². The summed E-state index contributed by atoms with van der Waals surface area (Å²) >= 11 is 0. The number of benzene rings is 2. The number of aromatic nitrogens is 4. The van der Waals surface area contributed by atoms with Crippen LogP contribution in [-0.4, -0.2) is 72.3 Å². The molecule has 230 valence electrons. The summed E-state index contributed by atoms with van der Waals surface area (Å²) in [4.78, 5) is 35.2. The normalized spacial score (nSPS) is 23.3. The average Bonchev–Trinajstić information content (AvgIpc) is 3.48. The number of rotatable bonds is 10. The fraction of sp³-hybridized carbons (Fsp3) is 0.407. The van der Waals surface area contributed by atoms with Crippen molar-refractivity contribution in [2.24, 2.45) is 0 Å². The van der Waals surface area contributed by atoms with Gasteiger partial charge in [-0.15, -0.1) is 0 Å². The molecule has 1 aliphatic rings. The Hall–Kier alpha value is -3.85. The molecule has 3 heterocycles. The van der Waals surface area contributed by atoms with Crippen molar-refractivity contribution >= 4 is 41.6 Å². The molecule has 1 fully saturated rings. The number of ether oxygens (including phenoxy) is 2. The van der Waals surface area contributed by atoms with Crippen LogP contribution in [0.25, 0.3) is 21.9 Å². The zero-order chi connectivity index (χ0) is 31.1. The second-order valence-electron chi connectivity index (χ2n) is 10.5. The van der Waals surface area contributed by atoms with Crippen LogP contribution in [0.1, 0.15) is 33.9 Å². The van der Waals surface area contributed by atoms with Crippen molar-refractivity contribution in [1.29, 1.82) is 0 Å². The van der Waals surface area contributed by atoms with Crippen molar-refractivity contribution in [3.8, 4) is 5.75 Å². The number of anilines is 1. The molecule has 3 unspecified atom stereocenters. The molecule has 2 aromatic carbocycles. The third-order valence-corrected chi connectivity index (χ3v) is 8.54. The SMILES string of the molecule is CC(C)OC(=O)C(C)NP(=O)(Oc1cccc2ccccc12)OC(C)[C@H]1O[C@@H](n2cnc3c(=O)[nH]c(N)nc32)[C@H](O)[C@@H]1O. The fourth-order valence-electron chi connectivity index (χ4n) is 4.82. The number of aromatic amines is 1. The molecular formula is C27H33N6O9P. The molecular weight excluding hydrogens is 583 g/mol. The van der Waals surface area contributed by atoms with Gasteiger partial charge >= 0.3 is 13.7 Å². The molecule has 5 rings (SSSR count). The van der Waals surface area contributed by atoms with Crippen molar-refractivity contribution in [3.63, 3.8) is 0 Å². The summed E-state index contributed by atoms with van der Waals surface area (Å²) in [6.07, 6.45) is -5.94. The van der Waals surface area contributed by atoms with Crippen LogP contribution in [0.5, 0.6) is 5.75 Å². The third kappa shape index (κ3) is 6.27. The molecule has 0 aliphatic carbocycles. The van der Waals surface area contributed by atoms with E-state index >= 15 is 0 Å². The van der Waals surface area contributed by atoms with E-state index in [0.29, 0.717) is 5.39 Å². The van der Waals surface area contributed by atoms with Gasteiger partial charge in [0.1, 0.15) is 30.1 Å². The van der Waals surface area contributed by atoms with E-state index in [1.54, 1.807) is 38.1 Å². The molecule has 6 N–H and O–H groups in total. The van der Waals surface area contributed by atoms with Crippen LogP contribution in [-0.2, 0) is 23.4 Å². The molecule has 4 aromatic rings. The quantitative estimate of drug-likeness (QED) is 0.128. The Balaban J connectivity index is 1.43. The second-order valence-corrected chi connectivity index (χ2v) is 12.1. The Kier molecular flexibility index (Phi) is 8.56. The van der Waals surface area contributed by atoms with Crippen molar-refractivity contribution in [3.05, 3.63) is 59.1 Å². The number of nitrogens with zero attached hydrogens (tertiary/aromatic N) is 3. The van der Waals surface area contributed by atoms with Crippen LogP contribution in [0.3, 0.4) is 0 Å². The van der Waals surface area contributed by atoms with E-state index in [0.717, 1.165) is 5.39 Å². The minimum Gasteiger partial charge on any atom is -0.462 e. The van der Waals surface area contributed by atoms with E-state index in [-0.39, 0.29) is 22.9 Å². The standard InChI is InChI=1S/C27H33N6O9P/c1-13(2)39-26(37)14(3)32-43(38,42-18-11-7-9-16-8-5-6-10-17(16)18)41-15(4)22-20(34)21(35)25(40-22)33-12-29-19-23(33)30-27(28)31-24(19)36/h5-15,20-22,25,34-35H,1-4H3,(H,32,38)(H3,28,30,31,36)/t14?,15?,20-,21+,22+,25+,43?/m0/s1. The smallest absolute Gasteiger partial charge is 0.459 e. The molecule has 0 saturated carbocycles. The van der Waals surface area contributed by atoms with E-state index < -0.39 is 62.1 Å². The topological polar surface area (TPSA) is 213 Å². The van der Waals surface area contributed by atoms with E-state index in [1.807, 2.05) is 18.2 Å². The number of carbonyl (C=O) groups excluding carboxylic acids is 1. The van der Waals surface area contributed by atoms with Crippen molar-refractivity contribution in [2.45, 2.75) is 70.5 Å². The monoisotopic (exact) mass is 616 g/mol. The summed E-state index contributed by atoms with van der Waals surface area (Å²) in [5, 5.41) is 25.9. The lowest BCUT2D eigenvalue weighted by Crippen LogP contribution is -2.41. The van der Waals surface area contributed by atoms with Crippen molar-refractivity contribution in [1.82, 2.24) is 24.6 Å². The number of esters is 1. The lowest BCUT2D eigenvalue weighted by molar-refractivity contribution is -0.149. The highest BCUT2D eigenvalue weighted by molar-refractivity contribution is 7.52. The minimum atomic E-state index is -4.40. The van der Waals surface area contributed by atoms with Crippen LogP contribution >= 0.6 is 7.75 Å². The zero-order valence-corrected chi connectivity index (χ0v) is 24.7. The van der Waals surface area contributed by atoms with Crippen LogP contribution < -0.4 is 20.9 Å². The molecule has 0 amide bonds. The summed E-state index contributed by atoms with van der Waals surface area (Å²) in [5.74, 6) is -0.646. The molecule has 1 saturated heterocycles. The van der Waals surface area contributed by atoms with Gasteiger partial charge in [-0.1, -0.05) is 36.4 Å². The van der Waals surface area contributed by atoms with Gasteiger partial charge in [0.2, 0.25) is 5.95 Å². The first-order chi connectivity index (χ1) is 20.4. The minimum absolute atomic E-state index is 0.0239. The number of H-pyrrole nitrogens is 1. The maximum Gasteiger partial charge on any atom is 0.459 e. The number of aliphatic hydroxyl groups is 2. The molecule has 1 aliphatic heterocycles. The number of aliphatic hydroxyl groups excluding tert-OH is 2. The molecule has 0 radical (unpaired) electrons. The lowest BCUT2D eigenvalue weighted by Gasteiger charge is -2.29. The number of hydrogen-bond donors (Lipinski definition) is 5. The number of hydrogen-bond acceptors (Lipinski definition) is 12. The number of nitrogen functional groups attached to an aromatic ring is 1. The Morgan fingerprint density at radius 3 is 2.60 bits per heavy atom. The van der Waals surface area contributed by atoms with Crippen molar-refractivity contribution in [2.75, 3.05) is 5.73 Å². The molecule has 0 spiro atoms. The summed E-state index contributed by atoms with van der Waals surface area (Å²) < 4.78 is 38.6. The summed E-state index contributed by atoms with van der Waals surface area (Å²) in [7, 11) is -4.40. The molecule has 16 heteroatoms. The maximum absolute atomic E-state index is 14.3. The largest absolute Gasteiger partial charge is 0.462 e. The highest BCUT2D eigenvalue weighted by atomic mass is 31.2. The van der Waals surface area contributed by atoms with Crippen LogP contribution in [0, 0.1) is 0 Å². The van der Waals surface area contributed by atoms with Gasteiger partial charge in [0.15, 0.2) is 17.4 Å². The first-order valence-electron chi connectivity index (χ1n) is 13.5. The van der Waals surface area contributed by atoms with Gasteiger partial charge in [-0.25, -0.2) is 9.55 Å². The number of nitrogens with two attached hydrogens (primary N) is 1. The zero-order valence-electron chi connectivity index (χ0n) is 23.8. The van der Waals surface area contributed by atoms with E-state index in [9.17, 15) is 24.4 Å². The first-order valence-corrected chi connectivity index (χ1v) is 15.1. The van der Waals surface area contributed by atoms with Crippen LogP contribution in [0.2, 0.25) is 0 Å². The molecule has 7 atom stereocenters. The predicted octanol–water partition coefficient (Wildman–Crippen LogP) is 2.00. The first kappa shape index (κ1) is 30.6. The number of nitrogens with one attached hydrogen (secondary N) is 2. The van der Waals surface area contributed by atoms with Gasteiger partial charge in [0, 0.05) is 5.39 Å². The summed E-state index contributed by atoms with van der Waals surface area (Å²) in [5.41, 5.74) is 5.06. The van der Waals surface area contributed by atoms with Gasteiger partial charge in [-0.05, 0) is 39.1 Å². The number of imidazole rings is 1. The van der Waals surface area contributed by atoms with Crippen LogP contribution in [0.15, 0.2) is 53.6 Å². The lowest BCUT2D eigenvalue weighted by atomic mass is 10.1. The van der Waals surface area contributed by atoms with E-state index in [1.165, 1.54) is 24.7 Å². The average molecular weight is 617 g/mol. The van der Waals surface area contributed by atoms with Gasteiger partial charge < -0.3 is 29.9 Å². The number of carbonyl (C=O) groups is 1. The number of fused-ring (bicyclic) bond motifs is 2. The van der Waals surface area contributed by atoms with E-state index in [2.05, 4.69) is 20.0 Å². The van der Waals surface area contributed by atoms with Gasteiger partial charge in [0.25, 0.3) is 5.56 Å². The molecule has 2 aromatic heterocycles. The van der Waals surface area contributed by atoms with E-state index in [4.69, 9.17) is 24.3 Å². The van der Waals surface area contributed by atoms with Crippen molar-refractivity contribution < 1.29 is 38.1 Å².